The van der Waals surface area contributed by atoms with Gasteiger partial charge in [0.05, 0.1) is 6.04 Å². The zero-order valence-electron chi connectivity index (χ0n) is 10.7. The minimum absolute atomic E-state index is 0.338. The predicted octanol–water partition coefficient (Wildman–Crippen LogP) is 1.44. The maximum atomic E-state index is 12.0. The third-order valence-electron chi connectivity index (χ3n) is 3.21. The standard InChI is InChI=1S/C13H20N2O3/c1-3-10(4-2)14-13(18)15-9-7-5-6-8-11(15)12(16)17/h1,10-11H,4-9H2,2H3,(H,14,18)(H,16,17). The summed E-state index contributed by atoms with van der Waals surface area (Å²) in [5.41, 5.74) is 0. The molecule has 1 aliphatic heterocycles. The molecule has 5 nitrogen and oxygen atoms in total. The number of nitrogens with one attached hydrogen (secondary N) is 1. The van der Waals surface area contributed by atoms with Gasteiger partial charge in [-0.3, -0.25) is 0 Å². The van der Waals surface area contributed by atoms with Gasteiger partial charge in [0.15, 0.2) is 0 Å². The Morgan fingerprint density at radius 3 is 2.78 bits per heavy atom. The van der Waals surface area contributed by atoms with Crippen LogP contribution < -0.4 is 5.32 Å². The number of likely N-dealkylation sites (tertiary alicyclic amines) is 1. The van der Waals surface area contributed by atoms with E-state index in [1.807, 2.05) is 6.92 Å². The molecule has 2 atom stereocenters. The van der Waals surface area contributed by atoms with Crippen LogP contribution in [0.15, 0.2) is 0 Å². The fraction of sp³-hybridized carbons (Fsp3) is 0.692. The van der Waals surface area contributed by atoms with Gasteiger partial charge in [-0.25, -0.2) is 9.59 Å². The monoisotopic (exact) mass is 252 g/mol. The van der Waals surface area contributed by atoms with E-state index in [-0.39, 0.29) is 12.1 Å². The average Bonchev–Trinajstić information content (AvgIpc) is 2.61. The van der Waals surface area contributed by atoms with Gasteiger partial charge in [0.1, 0.15) is 6.04 Å². The van der Waals surface area contributed by atoms with Crippen LogP contribution in [-0.2, 0) is 4.79 Å². The van der Waals surface area contributed by atoms with E-state index in [4.69, 9.17) is 11.5 Å². The Balaban J connectivity index is 2.73. The van der Waals surface area contributed by atoms with Crippen molar-refractivity contribution in [1.82, 2.24) is 10.2 Å². The van der Waals surface area contributed by atoms with Gasteiger partial charge in [0.2, 0.25) is 0 Å². The van der Waals surface area contributed by atoms with Crippen molar-refractivity contribution < 1.29 is 14.7 Å². The highest BCUT2D eigenvalue weighted by Gasteiger charge is 2.31. The lowest BCUT2D eigenvalue weighted by Crippen LogP contribution is -2.51. The van der Waals surface area contributed by atoms with Crippen molar-refractivity contribution in [2.24, 2.45) is 0 Å². The van der Waals surface area contributed by atoms with Crippen LogP contribution in [0.3, 0.4) is 0 Å². The number of carbonyl (C=O) groups is 2. The summed E-state index contributed by atoms with van der Waals surface area (Å²) >= 11 is 0. The first-order valence-electron chi connectivity index (χ1n) is 6.36. The third kappa shape index (κ3) is 3.66. The molecule has 2 unspecified atom stereocenters. The molecule has 0 bridgehead atoms. The predicted molar refractivity (Wildman–Crippen MR) is 68.0 cm³/mol. The molecule has 2 amide bonds. The van der Waals surface area contributed by atoms with Crippen molar-refractivity contribution in [3.05, 3.63) is 0 Å². The molecular weight excluding hydrogens is 232 g/mol. The zero-order chi connectivity index (χ0) is 13.5. The van der Waals surface area contributed by atoms with Gasteiger partial charge in [-0.2, -0.15) is 0 Å². The molecule has 18 heavy (non-hydrogen) atoms. The number of aliphatic carboxylic acids is 1. The number of hydrogen-bond donors (Lipinski definition) is 2. The van der Waals surface area contributed by atoms with E-state index in [1.165, 1.54) is 4.90 Å². The third-order valence-corrected chi connectivity index (χ3v) is 3.21. The number of carboxylic acid groups (broad SMARTS) is 1. The number of amides is 2. The number of carbonyl (C=O) groups excluding carboxylic acids is 1. The highest BCUT2D eigenvalue weighted by atomic mass is 16.4. The summed E-state index contributed by atoms with van der Waals surface area (Å²) in [6.07, 6.45) is 9.07. The topological polar surface area (TPSA) is 69.6 Å². The fourth-order valence-corrected chi connectivity index (χ4v) is 2.10. The Bertz CT molecular complexity index is 349. The van der Waals surface area contributed by atoms with Crippen LogP contribution in [-0.4, -0.2) is 40.6 Å². The number of urea groups is 1. The van der Waals surface area contributed by atoms with Gasteiger partial charge >= 0.3 is 12.0 Å². The van der Waals surface area contributed by atoms with Crippen LogP contribution in [0.5, 0.6) is 0 Å². The largest absolute Gasteiger partial charge is 0.480 e. The number of rotatable bonds is 3. The number of hydrogen-bond acceptors (Lipinski definition) is 2. The molecule has 0 spiro atoms. The van der Waals surface area contributed by atoms with Crippen molar-refractivity contribution >= 4 is 12.0 Å². The normalized spacial score (nSPS) is 21.6. The Morgan fingerprint density at radius 1 is 1.50 bits per heavy atom. The lowest BCUT2D eigenvalue weighted by Gasteiger charge is -2.28. The fourth-order valence-electron chi connectivity index (χ4n) is 2.10. The number of carboxylic acids is 1. The van der Waals surface area contributed by atoms with Crippen molar-refractivity contribution in [3.8, 4) is 12.3 Å². The molecular formula is C13H20N2O3. The molecule has 0 aromatic heterocycles. The van der Waals surface area contributed by atoms with E-state index in [9.17, 15) is 9.59 Å². The summed E-state index contributed by atoms with van der Waals surface area (Å²) < 4.78 is 0. The first-order valence-corrected chi connectivity index (χ1v) is 6.36. The molecule has 0 saturated carbocycles. The van der Waals surface area contributed by atoms with E-state index in [2.05, 4.69) is 11.2 Å². The van der Waals surface area contributed by atoms with E-state index in [0.29, 0.717) is 19.4 Å². The van der Waals surface area contributed by atoms with Gasteiger partial charge in [-0.1, -0.05) is 25.7 Å². The second-order valence-corrected chi connectivity index (χ2v) is 4.47. The lowest BCUT2D eigenvalue weighted by atomic mass is 10.1. The molecule has 0 aromatic carbocycles. The van der Waals surface area contributed by atoms with Crippen molar-refractivity contribution in [1.29, 1.82) is 0 Å². The SMILES string of the molecule is C#CC(CC)NC(=O)N1CCCCCC1C(=O)O. The van der Waals surface area contributed by atoms with E-state index in [1.54, 1.807) is 0 Å². The van der Waals surface area contributed by atoms with Gasteiger partial charge in [-0.05, 0) is 19.3 Å². The van der Waals surface area contributed by atoms with Crippen LogP contribution in [0.2, 0.25) is 0 Å². The number of terminal acetylenes is 1. The maximum absolute atomic E-state index is 12.0. The Hall–Kier alpha value is -1.70. The molecule has 100 valence electrons. The van der Waals surface area contributed by atoms with Gasteiger partial charge < -0.3 is 15.3 Å². The second kappa shape index (κ2) is 6.90. The van der Waals surface area contributed by atoms with Crippen LogP contribution in [0.25, 0.3) is 0 Å². The summed E-state index contributed by atoms with van der Waals surface area (Å²) in [4.78, 5) is 24.6. The van der Waals surface area contributed by atoms with Gasteiger partial charge in [0.25, 0.3) is 0 Å². The molecule has 2 N–H and O–H groups in total. The lowest BCUT2D eigenvalue weighted by molar-refractivity contribution is -0.142. The molecule has 0 aromatic rings. The molecule has 5 heteroatoms. The zero-order valence-corrected chi connectivity index (χ0v) is 10.7. The summed E-state index contributed by atoms with van der Waals surface area (Å²) in [6.45, 7) is 2.35. The summed E-state index contributed by atoms with van der Waals surface area (Å²) in [5.74, 6) is 1.53. The Morgan fingerprint density at radius 2 is 2.22 bits per heavy atom. The van der Waals surface area contributed by atoms with Crippen molar-refractivity contribution in [2.45, 2.75) is 51.1 Å². The van der Waals surface area contributed by atoms with E-state index in [0.717, 1.165) is 19.3 Å². The van der Waals surface area contributed by atoms with Crippen LogP contribution in [0.1, 0.15) is 39.0 Å². The van der Waals surface area contributed by atoms with Crippen LogP contribution in [0.4, 0.5) is 4.79 Å². The quantitative estimate of drug-likeness (QED) is 0.747. The molecule has 0 radical (unpaired) electrons. The summed E-state index contributed by atoms with van der Waals surface area (Å²) in [6, 6.07) is -1.44. The van der Waals surface area contributed by atoms with E-state index < -0.39 is 12.0 Å². The Labute approximate surface area is 108 Å². The number of nitrogens with zero attached hydrogens (tertiary/aromatic N) is 1. The Kier molecular flexibility index (Phi) is 5.50. The first kappa shape index (κ1) is 14.4. The summed E-state index contributed by atoms with van der Waals surface area (Å²) in [7, 11) is 0. The van der Waals surface area contributed by atoms with Crippen LogP contribution >= 0.6 is 0 Å². The summed E-state index contributed by atoms with van der Waals surface area (Å²) in [5, 5.41) is 11.9. The molecule has 1 rings (SSSR count). The highest BCUT2D eigenvalue weighted by molar-refractivity contribution is 5.83. The van der Waals surface area contributed by atoms with Gasteiger partial charge in [0, 0.05) is 6.54 Å². The van der Waals surface area contributed by atoms with Crippen molar-refractivity contribution in [3.63, 3.8) is 0 Å². The smallest absolute Gasteiger partial charge is 0.326 e. The average molecular weight is 252 g/mol. The second-order valence-electron chi connectivity index (χ2n) is 4.47. The first-order chi connectivity index (χ1) is 8.60. The highest BCUT2D eigenvalue weighted by Crippen LogP contribution is 2.17. The minimum atomic E-state index is -0.944. The van der Waals surface area contributed by atoms with Crippen molar-refractivity contribution in [2.75, 3.05) is 6.54 Å². The van der Waals surface area contributed by atoms with Crippen LogP contribution in [0, 0.1) is 12.3 Å². The molecule has 1 fully saturated rings. The molecule has 1 aliphatic rings. The minimum Gasteiger partial charge on any atom is -0.480 e. The van der Waals surface area contributed by atoms with E-state index >= 15 is 0 Å². The molecule has 1 saturated heterocycles. The molecule has 1 heterocycles. The molecule has 0 aliphatic carbocycles. The van der Waals surface area contributed by atoms with Gasteiger partial charge in [-0.15, -0.1) is 6.42 Å². The maximum Gasteiger partial charge on any atom is 0.326 e.